The largest absolute Gasteiger partial charge is 0.756 e. The summed E-state index contributed by atoms with van der Waals surface area (Å²) in [5.41, 5.74) is 0. The first kappa shape index (κ1) is 65.2. The predicted molar refractivity (Wildman–Crippen MR) is 286 cm³/mol. The van der Waals surface area contributed by atoms with E-state index in [-0.39, 0.29) is 32.2 Å². The van der Waals surface area contributed by atoms with Gasteiger partial charge in [0, 0.05) is 13.0 Å². The molecule has 0 aromatic carbocycles. The number of rotatable bonds is 52. The van der Waals surface area contributed by atoms with Crippen molar-refractivity contribution in [1.29, 1.82) is 0 Å². The molecule has 0 fully saturated rings. The number of hydrogen-bond acceptors (Lipinski definition) is 7. The fraction of sp³-hybridized carbons (Fsp3) is 0.810. The molecule has 67 heavy (non-hydrogen) atoms. The maximum Gasteiger partial charge on any atom is 0.306 e. The molecule has 0 amide bonds. The number of phosphoric ester groups is 1. The summed E-state index contributed by atoms with van der Waals surface area (Å²) in [6.45, 7) is 5.29. The van der Waals surface area contributed by atoms with Gasteiger partial charge in [-0.2, -0.15) is 0 Å². The monoisotopic (exact) mass is 962 g/mol. The highest BCUT2D eigenvalue weighted by Crippen LogP contribution is 2.38. The van der Waals surface area contributed by atoms with E-state index in [1.165, 1.54) is 154 Å². The highest BCUT2D eigenvalue weighted by molar-refractivity contribution is 7.45. The topological polar surface area (TPSA) is 94.1 Å². The van der Waals surface area contributed by atoms with Crippen LogP contribution >= 0.6 is 7.82 Å². The number of carbonyl (C=O) groups excluding carboxylic acids is 1. The Kier molecular flexibility index (Phi) is 49.2. The molecular weight excluding hydrogens is 854 g/mol. The van der Waals surface area contributed by atoms with Crippen LogP contribution in [-0.2, 0) is 27.9 Å². The number of esters is 1. The van der Waals surface area contributed by atoms with Crippen molar-refractivity contribution in [2.24, 2.45) is 0 Å². The Hall–Kier alpha value is -1.80. The van der Waals surface area contributed by atoms with Crippen LogP contribution in [-0.4, -0.2) is 70.7 Å². The molecule has 0 N–H and O–H groups in total. The smallest absolute Gasteiger partial charge is 0.306 e. The Morgan fingerprint density at radius 3 is 1.28 bits per heavy atom. The number of allylic oxidation sites excluding steroid dienone is 10. The highest BCUT2D eigenvalue weighted by atomic mass is 31.2. The summed E-state index contributed by atoms with van der Waals surface area (Å²) in [4.78, 5) is 25.2. The lowest BCUT2D eigenvalue weighted by Crippen LogP contribution is -2.37. The molecule has 0 bridgehead atoms. The van der Waals surface area contributed by atoms with Gasteiger partial charge in [0.1, 0.15) is 19.3 Å². The first-order chi connectivity index (χ1) is 32.6. The second-order valence-corrected chi connectivity index (χ2v) is 21.3. The fourth-order valence-corrected chi connectivity index (χ4v) is 8.54. The molecule has 0 aliphatic rings. The number of likely N-dealkylation sites (N-methyl/N-ethyl adjacent to an activating group) is 1. The third-order valence-corrected chi connectivity index (χ3v) is 13.0. The third-order valence-electron chi connectivity index (χ3n) is 12.1. The Bertz CT molecular complexity index is 1260. The maximum atomic E-state index is 12.8. The molecule has 0 aliphatic carbocycles. The van der Waals surface area contributed by atoms with Crippen molar-refractivity contribution in [3.63, 3.8) is 0 Å². The summed E-state index contributed by atoms with van der Waals surface area (Å²) in [5.74, 6) is -0.362. The van der Waals surface area contributed by atoms with E-state index in [0.29, 0.717) is 24.1 Å². The van der Waals surface area contributed by atoms with Gasteiger partial charge in [0.05, 0.1) is 34.4 Å². The minimum absolute atomic E-state index is 0.0183. The molecule has 9 heteroatoms. The molecule has 0 aromatic rings. The highest BCUT2D eigenvalue weighted by Gasteiger charge is 2.20. The first-order valence-corrected chi connectivity index (χ1v) is 29.5. The van der Waals surface area contributed by atoms with Crippen molar-refractivity contribution in [2.45, 2.75) is 251 Å². The quantitative estimate of drug-likeness (QED) is 0.0197. The van der Waals surface area contributed by atoms with Crippen LogP contribution in [0.4, 0.5) is 0 Å². The number of ether oxygens (including phenoxy) is 2. The van der Waals surface area contributed by atoms with Gasteiger partial charge < -0.3 is 27.9 Å². The van der Waals surface area contributed by atoms with Crippen molar-refractivity contribution in [1.82, 2.24) is 0 Å². The van der Waals surface area contributed by atoms with Gasteiger partial charge in [0.25, 0.3) is 7.82 Å². The van der Waals surface area contributed by atoms with E-state index in [1.807, 2.05) is 21.1 Å². The van der Waals surface area contributed by atoms with Gasteiger partial charge in [0.15, 0.2) is 0 Å². The van der Waals surface area contributed by atoms with Crippen LogP contribution in [0.15, 0.2) is 60.8 Å². The van der Waals surface area contributed by atoms with E-state index in [2.05, 4.69) is 74.6 Å². The zero-order valence-corrected chi connectivity index (χ0v) is 45.5. The first-order valence-electron chi connectivity index (χ1n) is 28.0. The van der Waals surface area contributed by atoms with Crippen molar-refractivity contribution in [3.05, 3.63) is 60.8 Å². The number of quaternary nitrogens is 1. The van der Waals surface area contributed by atoms with E-state index in [9.17, 15) is 14.3 Å². The zero-order chi connectivity index (χ0) is 49.0. The SMILES string of the molecule is CC/C=C\C/C=C\C/C=C\C/C=C\C/C=C\CCCCCC(=O)OC(COCCCCCCCCCCCCCCCCCCCCCCCCCCCC)COP(=O)([O-])OCC[N+](C)(C)C. The van der Waals surface area contributed by atoms with Gasteiger partial charge in [-0.15, -0.1) is 0 Å². The van der Waals surface area contributed by atoms with Gasteiger partial charge in [-0.05, 0) is 57.8 Å². The zero-order valence-electron chi connectivity index (χ0n) is 44.6. The molecule has 0 rings (SSSR count). The summed E-state index contributed by atoms with van der Waals surface area (Å²) in [7, 11) is 1.34. The molecule has 0 radical (unpaired) electrons. The Balaban J connectivity index is 4.09. The van der Waals surface area contributed by atoms with Crippen molar-refractivity contribution in [2.75, 3.05) is 54.1 Å². The number of phosphoric acid groups is 1. The molecule has 0 aliphatic heterocycles. The lowest BCUT2D eigenvalue weighted by Gasteiger charge is -2.28. The van der Waals surface area contributed by atoms with Crippen LogP contribution in [0.25, 0.3) is 0 Å². The van der Waals surface area contributed by atoms with Crippen molar-refractivity contribution < 1.29 is 37.3 Å². The Morgan fingerprint density at radius 2 is 0.866 bits per heavy atom. The van der Waals surface area contributed by atoms with E-state index >= 15 is 0 Å². The summed E-state index contributed by atoms with van der Waals surface area (Å²) in [6.07, 6.45) is 65.6. The maximum absolute atomic E-state index is 12.8. The molecule has 2 unspecified atom stereocenters. The van der Waals surface area contributed by atoms with Crippen LogP contribution in [0.3, 0.4) is 0 Å². The molecule has 8 nitrogen and oxygen atoms in total. The second kappa shape index (κ2) is 50.6. The van der Waals surface area contributed by atoms with Crippen molar-refractivity contribution in [3.8, 4) is 0 Å². The van der Waals surface area contributed by atoms with E-state index < -0.39 is 13.9 Å². The molecule has 0 spiro atoms. The molecule has 392 valence electrons. The predicted octanol–water partition coefficient (Wildman–Crippen LogP) is 17.0. The van der Waals surface area contributed by atoms with Gasteiger partial charge >= 0.3 is 5.97 Å². The van der Waals surface area contributed by atoms with Crippen LogP contribution in [0.5, 0.6) is 0 Å². The fourth-order valence-electron chi connectivity index (χ4n) is 7.81. The summed E-state index contributed by atoms with van der Waals surface area (Å²) in [6, 6.07) is 0. The standard InChI is InChI=1S/C58H108NO7P/c1-6-8-10-12-14-16-18-20-22-24-26-27-28-29-30-31-32-34-36-38-40-42-44-46-48-50-53-63-55-57(56-65-67(61,62)64-54-52-59(3,4)5)66-58(60)51-49-47-45-43-41-39-37-35-33-25-23-21-19-17-15-13-11-9-7-2/h9,11,15,17,21,23,33,35,39,41,57H,6-8,10,12-14,16,18-20,22,24-32,34,36-38,40,42-56H2,1-5H3/b11-9-,17-15-,23-21-,35-33-,41-39-. The van der Waals surface area contributed by atoms with Gasteiger partial charge in [-0.3, -0.25) is 9.36 Å². The Morgan fingerprint density at radius 1 is 0.478 bits per heavy atom. The van der Waals surface area contributed by atoms with Gasteiger partial charge in [0.2, 0.25) is 0 Å². The van der Waals surface area contributed by atoms with Gasteiger partial charge in [-0.25, -0.2) is 0 Å². The minimum Gasteiger partial charge on any atom is -0.756 e. The molecule has 2 atom stereocenters. The average molecular weight is 962 g/mol. The van der Waals surface area contributed by atoms with Gasteiger partial charge in [-0.1, -0.05) is 242 Å². The van der Waals surface area contributed by atoms with E-state index in [1.54, 1.807) is 0 Å². The van der Waals surface area contributed by atoms with Crippen LogP contribution in [0, 0.1) is 0 Å². The molecule has 0 saturated carbocycles. The normalized spacial score (nSPS) is 13.9. The molecule has 0 saturated heterocycles. The van der Waals surface area contributed by atoms with E-state index in [0.717, 1.165) is 64.2 Å². The lowest BCUT2D eigenvalue weighted by molar-refractivity contribution is -0.870. The van der Waals surface area contributed by atoms with Crippen LogP contribution in [0.2, 0.25) is 0 Å². The summed E-state index contributed by atoms with van der Waals surface area (Å²) < 4.78 is 34.8. The van der Waals surface area contributed by atoms with Crippen LogP contribution in [0.1, 0.15) is 245 Å². The second-order valence-electron chi connectivity index (χ2n) is 19.9. The number of carbonyl (C=O) groups is 1. The van der Waals surface area contributed by atoms with E-state index in [4.69, 9.17) is 18.5 Å². The van der Waals surface area contributed by atoms with Crippen molar-refractivity contribution >= 4 is 13.8 Å². The number of hydrogen-bond donors (Lipinski definition) is 0. The molecule has 0 aromatic heterocycles. The average Bonchev–Trinajstić information content (AvgIpc) is 3.29. The number of nitrogens with zero attached hydrogens (tertiary/aromatic N) is 1. The Labute approximate surface area is 415 Å². The minimum atomic E-state index is -4.54. The number of unbranched alkanes of at least 4 members (excludes halogenated alkanes) is 28. The van der Waals surface area contributed by atoms with Crippen LogP contribution < -0.4 is 4.89 Å². The lowest BCUT2D eigenvalue weighted by atomic mass is 10.0. The third kappa shape index (κ3) is 55.0. The molecular formula is C58H108NO7P. The summed E-state index contributed by atoms with van der Waals surface area (Å²) >= 11 is 0. The molecule has 0 heterocycles. The summed E-state index contributed by atoms with van der Waals surface area (Å²) in [5, 5.41) is 0.